The maximum Gasteiger partial charge on any atom is 0.253 e. The molecule has 4 saturated heterocycles. The van der Waals surface area contributed by atoms with E-state index < -0.39 is 0 Å². The van der Waals surface area contributed by atoms with Crippen LogP contribution in [0.4, 0.5) is 0 Å². The summed E-state index contributed by atoms with van der Waals surface area (Å²) < 4.78 is 8.87. The molecule has 10 heterocycles. The largest absolute Gasteiger partial charge is 0.337 e. The van der Waals surface area contributed by atoms with E-state index in [2.05, 4.69) is 86.4 Å². The highest BCUT2D eigenvalue weighted by molar-refractivity contribution is 5.99. The molecular weight excluding hydrogens is 825 g/mol. The van der Waals surface area contributed by atoms with Gasteiger partial charge in [0, 0.05) is 112 Å². The van der Waals surface area contributed by atoms with Gasteiger partial charge in [0.2, 0.25) is 0 Å². The fraction of sp³-hybridized carbons (Fsp3) is 0.423. The van der Waals surface area contributed by atoms with Crippen LogP contribution in [0, 0.1) is 17.8 Å². The second-order valence-electron chi connectivity index (χ2n) is 19.8. The van der Waals surface area contributed by atoms with E-state index in [9.17, 15) is 9.59 Å². The molecule has 4 aliphatic heterocycles. The van der Waals surface area contributed by atoms with Gasteiger partial charge in [0.05, 0.1) is 33.5 Å². The summed E-state index contributed by atoms with van der Waals surface area (Å²) in [5, 5.41) is 9.63. The fourth-order valence-corrected chi connectivity index (χ4v) is 12.2. The van der Waals surface area contributed by atoms with Crippen molar-refractivity contribution in [1.82, 2.24) is 58.6 Å². The number of rotatable bonds is 8. The van der Waals surface area contributed by atoms with Gasteiger partial charge in [0.1, 0.15) is 11.3 Å². The summed E-state index contributed by atoms with van der Waals surface area (Å²) in [6, 6.07) is 23.5. The first-order valence-corrected chi connectivity index (χ1v) is 24.2. The van der Waals surface area contributed by atoms with E-state index in [1.807, 2.05) is 52.4 Å². The van der Waals surface area contributed by atoms with Gasteiger partial charge in [-0.15, -0.1) is 0 Å². The first-order chi connectivity index (χ1) is 32.3. The number of hydrogen-bond donors (Lipinski definition) is 2. The summed E-state index contributed by atoms with van der Waals surface area (Å²) in [6.07, 6.45) is 9.65. The molecule has 5 aliphatic rings. The summed E-state index contributed by atoms with van der Waals surface area (Å²) in [5.74, 6) is 3.98. The van der Waals surface area contributed by atoms with Crippen molar-refractivity contribution in [3.05, 3.63) is 95.8 Å². The monoisotopic (exact) mass is 880 g/mol. The summed E-state index contributed by atoms with van der Waals surface area (Å²) in [5.41, 5.74) is 10.3. The minimum Gasteiger partial charge on any atom is -0.337 e. The van der Waals surface area contributed by atoms with Crippen LogP contribution in [0.5, 0.6) is 0 Å². The van der Waals surface area contributed by atoms with Crippen LogP contribution in [0.25, 0.3) is 67.2 Å². The molecule has 2 amide bonds. The van der Waals surface area contributed by atoms with E-state index in [1.165, 1.54) is 24.8 Å². The molecule has 14 nitrogen and oxygen atoms in total. The molecule has 0 spiro atoms. The summed E-state index contributed by atoms with van der Waals surface area (Å²) in [4.78, 5) is 52.1. The minimum atomic E-state index is 0.0581. The molecule has 5 atom stereocenters. The van der Waals surface area contributed by atoms with Crippen molar-refractivity contribution in [2.45, 2.75) is 70.1 Å². The van der Waals surface area contributed by atoms with E-state index in [0.717, 1.165) is 119 Å². The Morgan fingerprint density at radius 3 is 2.08 bits per heavy atom. The average molecular weight is 881 g/mol. The molecule has 2 N–H and O–H groups in total. The molecule has 8 aromatic rings. The molecule has 0 bridgehead atoms. The number of piperidine rings is 2. The molecule has 1 saturated carbocycles. The number of amides is 2. The highest BCUT2D eigenvalue weighted by Crippen LogP contribution is 2.40. The van der Waals surface area contributed by atoms with Crippen LogP contribution in [-0.4, -0.2) is 111 Å². The van der Waals surface area contributed by atoms with Gasteiger partial charge in [-0.2, -0.15) is 0 Å². The Balaban J connectivity index is 0.722. The number of aromatic nitrogens is 8. The Morgan fingerprint density at radius 1 is 0.697 bits per heavy atom. The van der Waals surface area contributed by atoms with E-state index in [0.29, 0.717) is 53.9 Å². The van der Waals surface area contributed by atoms with Crippen molar-refractivity contribution in [2.75, 3.05) is 39.3 Å². The maximum absolute atomic E-state index is 14.2. The van der Waals surface area contributed by atoms with Crippen molar-refractivity contribution in [1.29, 1.82) is 0 Å². The number of aryl methyl sites for hydroxylation is 3. The van der Waals surface area contributed by atoms with Crippen LogP contribution in [0.15, 0.2) is 79.1 Å². The number of imidazole rings is 2. The third-order valence-corrected chi connectivity index (χ3v) is 16.0. The zero-order valence-electron chi connectivity index (χ0n) is 38.0. The normalized spacial score (nSPS) is 23.2. The van der Waals surface area contributed by atoms with Gasteiger partial charge in [-0.3, -0.25) is 9.59 Å². The Kier molecular flexibility index (Phi) is 9.29. The Morgan fingerprint density at radius 2 is 1.36 bits per heavy atom. The fourth-order valence-electron chi connectivity index (χ4n) is 12.2. The van der Waals surface area contributed by atoms with E-state index >= 15 is 0 Å². The van der Waals surface area contributed by atoms with Crippen molar-refractivity contribution >= 4 is 55.9 Å². The second-order valence-corrected chi connectivity index (χ2v) is 19.8. The molecule has 1 aliphatic carbocycles. The van der Waals surface area contributed by atoms with Crippen LogP contribution < -0.4 is 10.6 Å². The number of pyridine rings is 2. The second kappa shape index (κ2) is 15.3. The molecule has 2 aromatic carbocycles. The SMILES string of the molecule is CCn1c(-c2nc3cc(C(=O)N4CC[C@@H]5CCN[C@@H]5C4)ccc3n2C)cc2cc(C3CNC4CN(C(=O)c5ccc6c(c5)nc(-c5cc7cccnc7n5CC5CC5)n6C)CCC43)cnc21. The first-order valence-electron chi connectivity index (χ1n) is 24.2. The molecule has 5 fully saturated rings. The van der Waals surface area contributed by atoms with Gasteiger partial charge in [0.15, 0.2) is 11.6 Å². The number of carbonyl (C=O) groups excluding carboxylic acids is 2. The van der Waals surface area contributed by atoms with E-state index in [1.54, 1.807) is 0 Å². The predicted molar refractivity (Wildman–Crippen MR) is 256 cm³/mol. The third-order valence-electron chi connectivity index (χ3n) is 16.0. The Labute approximate surface area is 383 Å². The Hall–Kier alpha value is -6.38. The van der Waals surface area contributed by atoms with Gasteiger partial charge in [-0.1, -0.05) is 0 Å². The number of hydrogen-bond acceptors (Lipinski definition) is 8. The van der Waals surface area contributed by atoms with E-state index in [-0.39, 0.29) is 17.9 Å². The van der Waals surface area contributed by atoms with Gasteiger partial charge in [-0.05, 0) is 136 Å². The predicted octanol–water partition coefficient (Wildman–Crippen LogP) is 6.97. The zero-order chi connectivity index (χ0) is 44.4. The number of nitrogens with one attached hydrogen (secondary N) is 2. The van der Waals surface area contributed by atoms with Gasteiger partial charge in [-0.25, -0.2) is 19.9 Å². The van der Waals surface area contributed by atoms with Crippen LogP contribution in [0.1, 0.15) is 71.2 Å². The highest BCUT2D eigenvalue weighted by Gasteiger charge is 2.42. The highest BCUT2D eigenvalue weighted by atomic mass is 16.2. The van der Waals surface area contributed by atoms with Crippen LogP contribution in [-0.2, 0) is 27.2 Å². The number of benzene rings is 2. The molecule has 66 heavy (non-hydrogen) atoms. The molecular formula is C52H56N12O2. The maximum atomic E-state index is 14.2. The molecule has 13 rings (SSSR count). The lowest BCUT2D eigenvalue weighted by molar-refractivity contribution is 0.0659. The smallest absolute Gasteiger partial charge is 0.253 e. The standard InChI is InChI=1S/C52H56N12O2/c1-4-63-45(49-57-39-21-33(9-11-43(39)59(49)2)51(65)61-18-14-31-13-17-53-41(31)28-61)24-35-20-36(25-56-48(35)63)38-26-55-42-29-62(19-15-37(38)42)52(66)34-10-12-44-40(22-34)58-50(60(44)3)46-23-32-6-5-16-54-47(32)64(46)27-30-7-8-30/h5-6,9-12,16,20-25,30-31,37-38,41-42,53,55H,4,7-8,13-15,17-19,26-29H2,1-3H3/t31-,37?,38?,41+,42?/m0/s1. The lowest BCUT2D eigenvalue weighted by atomic mass is 9.81. The number of likely N-dealkylation sites (tertiary alicyclic amines) is 2. The molecule has 6 aromatic heterocycles. The number of fused-ring (bicyclic) bond motifs is 6. The molecule has 3 unspecified atom stereocenters. The van der Waals surface area contributed by atoms with Crippen molar-refractivity contribution in [3.63, 3.8) is 0 Å². The minimum absolute atomic E-state index is 0.0581. The topological polar surface area (TPSA) is 136 Å². The van der Waals surface area contributed by atoms with Crippen LogP contribution in [0.3, 0.4) is 0 Å². The molecule has 336 valence electrons. The number of nitrogens with zero attached hydrogens (tertiary/aromatic N) is 10. The van der Waals surface area contributed by atoms with Gasteiger partial charge >= 0.3 is 0 Å². The third kappa shape index (κ3) is 6.42. The van der Waals surface area contributed by atoms with E-state index in [4.69, 9.17) is 19.9 Å². The quantitative estimate of drug-likeness (QED) is 0.167. The number of carbonyl (C=O) groups is 2. The Bertz CT molecular complexity index is 3260. The summed E-state index contributed by atoms with van der Waals surface area (Å²) in [7, 11) is 4.12. The van der Waals surface area contributed by atoms with Crippen molar-refractivity contribution in [3.8, 4) is 23.0 Å². The zero-order valence-corrected chi connectivity index (χ0v) is 38.0. The van der Waals surface area contributed by atoms with Crippen molar-refractivity contribution in [2.24, 2.45) is 31.8 Å². The van der Waals surface area contributed by atoms with Crippen molar-refractivity contribution < 1.29 is 9.59 Å². The lowest BCUT2D eigenvalue weighted by Gasteiger charge is -2.36. The molecule has 14 heteroatoms. The van der Waals surface area contributed by atoms with Crippen LogP contribution in [0.2, 0.25) is 0 Å². The summed E-state index contributed by atoms with van der Waals surface area (Å²) in [6.45, 7) is 8.72. The van der Waals surface area contributed by atoms with Gasteiger partial charge < -0.3 is 38.7 Å². The molecule has 0 radical (unpaired) electrons. The lowest BCUT2D eigenvalue weighted by Crippen LogP contribution is -2.49. The first kappa shape index (κ1) is 39.9. The van der Waals surface area contributed by atoms with Gasteiger partial charge in [0.25, 0.3) is 11.8 Å². The summed E-state index contributed by atoms with van der Waals surface area (Å²) >= 11 is 0. The van der Waals surface area contributed by atoms with Crippen LogP contribution >= 0.6 is 0 Å². The average Bonchev–Trinajstić information content (AvgIpc) is 3.85.